The quantitative estimate of drug-likeness (QED) is 0.858. The number of aliphatic imine (C=N–C) groups is 1. The molecule has 1 saturated heterocycles. The maximum atomic E-state index is 12.7. The lowest BCUT2D eigenvalue weighted by molar-refractivity contribution is -0.132. The van der Waals surface area contributed by atoms with Gasteiger partial charge in [-0.25, -0.2) is 0 Å². The van der Waals surface area contributed by atoms with Gasteiger partial charge in [0.25, 0.3) is 0 Å². The highest BCUT2D eigenvalue weighted by molar-refractivity contribution is 6.11. The topological polar surface area (TPSA) is 62.6 Å². The van der Waals surface area contributed by atoms with Gasteiger partial charge < -0.3 is 4.90 Å². The molecular formula is C21H21N3O2. The summed E-state index contributed by atoms with van der Waals surface area (Å²) in [7, 11) is 0. The van der Waals surface area contributed by atoms with E-state index < -0.39 is 6.04 Å². The first-order chi connectivity index (χ1) is 12.7. The number of aromatic nitrogens is 1. The number of pyridine rings is 1. The van der Waals surface area contributed by atoms with Crippen molar-refractivity contribution in [3.63, 3.8) is 0 Å². The Morgan fingerprint density at radius 3 is 2.58 bits per heavy atom. The van der Waals surface area contributed by atoms with Crippen LogP contribution in [0, 0.1) is 0 Å². The lowest BCUT2D eigenvalue weighted by atomic mass is 9.89. The predicted octanol–water partition coefficient (Wildman–Crippen LogP) is 2.86. The van der Waals surface area contributed by atoms with E-state index in [-0.39, 0.29) is 18.1 Å². The van der Waals surface area contributed by atoms with Gasteiger partial charge in [-0.1, -0.05) is 24.3 Å². The van der Waals surface area contributed by atoms with E-state index in [0.717, 1.165) is 31.5 Å². The number of nitrogens with zero attached hydrogens (tertiary/aromatic N) is 3. The van der Waals surface area contributed by atoms with Crippen LogP contribution in [-0.4, -0.2) is 46.9 Å². The number of ketones is 1. The van der Waals surface area contributed by atoms with Crippen LogP contribution < -0.4 is 0 Å². The van der Waals surface area contributed by atoms with Crippen LogP contribution in [0.15, 0.2) is 53.8 Å². The largest absolute Gasteiger partial charge is 0.343 e. The fourth-order valence-corrected chi connectivity index (χ4v) is 3.79. The van der Waals surface area contributed by atoms with Gasteiger partial charge in [-0.05, 0) is 36.5 Å². The SMILES string of the molecule is O=C1c2ccccc2C=NC1CC(=O)N1CCC(c2ccncc2)CC1. The number of likely N-dealkylation sites (tertiary alicyclic amines) is 1. The minimum Gasteiger partial charge on any atom is -0.343 e. The van der Waals surface area contributed by atoms with E-state index in [4.69, 9.17) is 0 Å². The monoisotopic (exact) mass is 347 g/mol. The van der Waals surface area contributed by atoms with Crippen molar-refractivity contribution in [1.29, 1.82) is 0 Å². The Balaban J connectivity index is 1.36. The first-order valence-electron chi connectivity index (χ1n) is 9.06. The van der Waals surface area contributed by atoms with Gasteiger partial charge in [-0.15, -0.1) is 0 Å². The zero-order chi connectivity index (χ0) is 17.9. The molecule has 1 fully saturated rings. The van der Waals surface area contributed by atoms with Gasteiger partial charge in [-0.3, -0.25) is 19.6 Å². The van der Waals surface area contributed by atoms with Crippen molar-refractivity contribution in [3.05, 3.63) is 65.5 Å². The van der Waals surface area contributed by atoms with E-state index in [1.165, 1.54) is 5.56 Å². The average molecular weight is 347 g/mol. The van der Waals surface area contributed by atoms with Crippen LogP contribution >= 0.6 is 0 Å². The fraction of sp³-hybridized carbons (Fsp3) is 0.333. The van der Waals surface area contributed by atoms with Crippen LogP contribution in [-0.2, 0) is 4.79 Å². The van der Waals surface area contributed by atoms with Crippen LogP contribution in [0.3, 0.4) is 0 Å². The van der Waals surface area contributed by atoms with Gasteiger partial charge in [-0.2, -0.15) is 0 Å². The molecule has 1 aromatic heterocycles. The molecule has 2 aliphatic heterocycles. The molecule has 1 unspecified atom stereocenters. The van der Waals surface area contributed by atoms with E-state index >= 15 is 0 Å². The summed E-state index contributed by atoms with van der Waals surface area (Å²) in [6, 6.07) is 10.9. The highest BCUT2D eigenvalue weighted by Crippen LogP contribution is 2.28. The normalized spacial score (nSPS) is 20.1. The Morgan fingerprint density at radius 1 is 1.08 bits per heavy atom. The summed E-state index contributed by atoms with van der Waals surface area (Å²) in [5, 5.41) is 0. The van der Waals surface area contributed by atoms with Crippen molar-refractivity contribution in [3.8, 4) is 0 Å². The molecule has 2 aromatic rings. The number of hydrogen-bond acceptors (Lipinski definition) is 4. The Bertz CT molecular complexity index is 839. The zero-order valence-electron chi connectivity index (χ0n) is 14.5. The minimum absolute atomic E-state index is 0.0214. The van der Waals surface area contributed by atoms with Crippen molar-refractivity contribution in [2.24, 2.45) is 4.99 Å². The van der Waals surface area contributed by atoms with Gasteiger partial charge in [0.05, 0.1) is 6.42 Å². The Labute approximate surface area is 152 Å². The molecule has 5 nitrogen and oxygen atoms in total. The average Bonchev–Trinajstić information content (AvgIpc) is 2.71. The van der Waals surface area contributed by atoms with Crippen molar-refractivity contribution >= 4 is 17.9 Å². The number of amides is 1. The third kappa shape index (κ3) is 3.29. The van der Waals surface area contributed by atoms with Crippen molar-refractivity contribution < 1.29 is 9.59 Å². The highest BCUT2D eigenvalue weighted by atomic mass is 16.2. The number of piperidine rings is 1. The molecule has 0 bridgehead atoms. The fourth-order valence-electron chi connectivity index (χ4n) is 3.79. The summed E-state index contributed by atoms with van der Waals surface area (Å²) in [5.74, 6) is 0.444. The van der Waals surface area contributed by atoms with E-state index in [1.54, 1.807) is 12.3 Å². The van der Waals surface area contributed by atoms with Gasteiger partial charge in [0, 0.05) is 42.8 Å². The molecule has 1 atom stereocenters. The van der Waals surface area contributed by atoms with E-state index in [0.29, 0.717) is 11.5 Å². The van der Waals surface area contributed by atoms with Crippen LogP contribution in [0.25, 0.3) is 0 Å². The van der Waals surface area contributed by atoms with E-state index in [2.05, 4.69) is 22.1 Å². The number of Topliss-reactive ketones (excluding diaryl/α,β-unsaturated/α-hetero) is 1. The second kappa shape index (κ2) is 7.20. The maximum Gasteiger partial charge on any atom is 0.225 e. The summed E-state index contributed by atoms with van der Waals surface area (Å²) in [5.41, 5.74) is 2.78. The third-order valence-corrected chi connectivity index (χ3v) is 5.32. The third-order valence-electron chi connectivity index (χ3n) is 5.32. The number of rotatable bonds is 3. The molecule has 132 valence electrons. The number of benzene rings is 1. The molecule has 0 spiro atoms. The number of fused-ring (bicyclic) bond motifs is 1. The van der Waals surface area contributed by atoms with Crippen molar-refractivity contribution in [2.75, 3.05) is 13.1 Å². The molecule has 5 heteroatoms. The van der Waals surface area contributed by atoms with E-state index in [1.807, 2.05) is 35.5 Å². The lowest BCUT2D eigenvalue weighted by Crippen LogP contribution is -2.40. The Kier molecular flexibility index (Phi) is 4.61. The van der Waals surface area contributed by atoms with E-state index in [9.17, 15) is 9.59 Å². The highest BCUT2D eigenvalue weighted by Gasteiger charge is 2.30. The second-order valence-electron chi connectivity index (χ2n) is 6.89. The molecule has 4 rings (SSSR count). The van der Waals surface area contributed by atoms with Crippen LogP contribution in [0.5, 0.6) is 0 Å². The zero-order valence-corrected chi connectivity index (χ0v) is 14.5. The first kappa shape index (κ1) is 16.6. The molecule has 0 radical (unpaired) electrons. The van der Waals surface area contributed by atoms with Gasteiger partial charge in [0.2, 0.25) is 5.91 Å². The number of hydrogen-bond donors (Lipinski definition) is 0. The lowest BCUT2D eigenvalue weighted by Gasteiger charge is -2.33. The standard InChI is InChI=1S/C21H21N3O2/c25-20(13-19-21(26)18-4-2-1-3-17(18)14-23-19)24-11-7-16(8-12-24)15-5-9-22-10-6-15/h1-6,9-10,14,16,19H,7-8,11-13H2. The molecule has 3 heterocycles. The van der Waals surface area contributed by atoms with Crippen molar-refractivity contribution in [1.82, 2.24) is 9.88 Å². The van der Waals surface area contributed by atoms with Crippen LogP contribution in [0.1, 0.15) is 46.7 Å². The summed E-state index contributed by atoms with van der Waals surface area (Å²) in [6.07, 6.45) is 7.39. The number of carbonyl (C=O) groups excluding carboxylic acids is 2. The number of carbonyl (C=O) groups is 2. The Morgan fingerprint density at radius 2 is 1.81 bits per heavy atom. The molecule has 0 saturated carbocycles. The summed E-state index contributed by atoms with van der Waals surface area (Å²) >= 11 is 0. The maximum absolute atomic E-state index is 12.7. The molecule has 1 aromatic carbocycles. The van der Waals surface area contributed by atoms with Gasteiger partial charge >= 0.3 is 0 Å². The van der Waals surface area contributed by atoms with Crippen LogP contribution in [0.2, 0.25) is 0 Å². The minimum atomic E-state index is -0.588. The van der Waals surface area contributed by atoms with Crippen LogP contribution in [0.4, 0.5) is 0 Å². The summed E-state index contributed by atoms with van der Waals surface area (Å²) < 4.78 is 0. The molecular weight excluding hydrogens is 326 g/mol. The smallest absolute Gasteiger partial charge is 0.225 e. The predicted molar refractivity (Wildman–Crippen MR) is 99.6 cm³/mol. The second-order valence-corrected chi connectivity index (χ2v) is 6.89. The molecule has 0 N–H and O–H groups in total. The van der Waals surface area contributed by atoms with Gasteiger partial charge in [0.1, 0.15) is 6.04 Å². The van der Waals surface area contributed by atoms with Crippen molar-refractivity contribution in [2.45, 2.75) is 31.2 Å². The molecule has 2 aliphatic rings. The first-order valence-corrected chi connectivity index (χ1v) is 9.06. The molecule has 0 aliphatic carbocycles. The Hall–Kier alpha value is -2.82. The summed E-state index contributed by atoms with van der Waals surface area (Å²) in [6.45, 7) is 1.46. The van der Waals surface area contributed by atoms with Gasteiger partial charge in [0.15, 0.2) is 5.78 Å². The molecule has 26 heavy (non-hydrogen) atoms. The summed E-state index contributed by atoms with van der Waals surface area (Å²) in [4.78, 5) is 35.5. The molecule has 1 amide bonds.